The molecule has 0 spiro atoms. The number of nitrogens with zero attached hydrogens (tertiary/aromatic N) is 4. The number of hydrogen-bond donors (Lipinski definition) is 1. The molecule has 158 valence electrons. The first-order valence-electron chi connectivity index (χ1n) is 9.57. The Morgan fingerprint density at radius 3 is 2.73 bits per heavy atom. The molecule has 1 aromatic carbocycles. The lowest BCUT2D eigenvalue weighted by Gasteiger charge is -2.33. The molecule has 30 heavy (non-hydrogen) atoms. The number of halogens is 1. The van der Waals surface area contributed by atoms with Crippen molar-refractivity contribution < 1.29 is 17.6 Å². The van der Waals surface area contributed by atoms with Gasteiger partial charge in [-0.3, -0.25) is 9.48 Å². The van der Waals surface area contributed by atoms with Crippen molar-refractivity contribution in [3.8, 4) is 5.82 Å². The molecule has 3 heterocycles. The summed E-state index contributed by atoms with van der Waals surface area (Å²) >= 11 is 0. The lowest BCUT2D eigenvalue weighted by Crippen LogP contribution is -2.49. The highest BCUT2D eigenvalue weighted by Crippen LogP contribution is 2.20. The summed E-state index contributed by atoms with van der Waals surface area (Å²) in [5, 5.41) is 4.22. The molecular formula is C20H22FN5O3S. The normalized spacial score (nSPS) is 17.3. The second kappa shape index (κ2) is 8.04. The van der Waals surface area contributed by atoms with Crippen LogP contribution in [0.15, 0.2) is 59.9 Å². The Labute approximate surface area is 174 Å². The van der Waals surface area contributed by atoms with Crippen LogP contribution < -0.4 is 4.72 Å². The standard InChI is InChI=1S/C20H22FN5O3S/c1-24-19(25-9-2-3-10-25)18(13-22-24)20(27)26-11-5-7-16(14-26)23-30(28,29)17-8-4-6-15(21)12-17/h2-4,6,8-10,12-13,16,23H,5,7,11,14H2,1H3. The number of carbonyl (C=O) groups excluding carboxylic acids is 1. The van der Waals surface area contributed by atoms with Gasteiger partial charge < -0.3 is 9.47 Å². The molecule has 8 nitrogen and oxygen atoms in total. The van der Waals surface area contributed by atoms with Crippen LogP contribution in [0.25, 0.3) is 5.82 Å². The molecule has 1 atom stereocenters. The zero-order valence-electron chi connectivity index (χ0n) is 16.4. The molecule has 1 unspecified atom stereocenters. The number of piperidine rings is 1. The molecule has 2 aromatic heterocycles. The summed E-state index contributed by atoms with van der Waals surface area (Å²) < 4.78 is 44.7. The molecule has 0 bridgehead atoms. The monoisotopic (exact) mass is 431 g/mol. The van der Waals surface area contributed by atoms with E-state index in [0.717, 1.165) is 6.07 Å². The number of likely N-dealkylation sites (tertiary alicyclic amines) is 1. The molecule has 1 fully saturated rings. The molecule has 0 saturated carbocycles. The van der Waals surface area contributed by atoms with Gasteiger partial charge in [-0.05, 0) is 43.2 Å². The predicted molar refractivity (Wildman–Crippen MR) is 108 cm³/mol. The average molecular weight is 431 g/mol. The number of sulfonamides is 1. The quantitative estimate of drug-likeness (QED) is 0.669. The van der Waals surface area contributed by atoms with Gasteiger partial charge >= 0.3 is 0 Å². The van der Waals surface area contributed by atoms with Gasteiger partial charge in [-0.25, -0.2) is 17.5 Å². The van der Waals surface area contributed by atoms with Gasteiger partial charge in [0.2, 0.25) is 10.0 Å². The molecular weight excluding hydrogens is 409 g/mol. The Hall–Kier alpha value is -2.98. The summed E-state index contributed by atoms with van der Waals surface area (Å²) in [5.74, 6) is -0.179. The molecule has 0 radical (unpaired) electrons. The van der Waals surface area contributed by atoms with Crippen molar-refractivity contribution in [3.63, 3.8) is 0 Å². The van der Waals surface area contributed by atoms with Crippen LogP contribution >= 0.6 is 0 Å². The Bertz CT molecular complexity index is 1160. The molecule has 4 rings (SSSR count). The van der Waals surface area contributed by atoms with Crippen molar-refractivity contribution in [2.75, 3.05) is 13.1 Å². The van der Waals surface area contributed by atoms with Crippen LogP contribution in [0.3, 0.4) is 0 Å². The number of nitrogens with one attached hydrogen (secondary N) is 1. The third-order valence-electron chi connectivity index (χ3n) is 5.12. The summed E-state index contributed by atoms with van der Waals surface area (Å²) in [6, 6.07) is 8.13. The number of carbonyl (C=O) groups is 1. The predicted octanol–water partition coefficient (Wildman–Crippen LogP) is 1.93. The molecule has 10 heteroatoms. The van der Waals surface area contributed by atoms with Gasteiger partial charge in [0, 0.05) is 38.6 Å². The fourth-order valence-corrected chi connectivity index (χ4v) is 5.01. The fraction of sp³-hybridized carbons (Fsp3) is 0.300. The van der Waals surface area contributed by atoms with Crippen molar-refractivity contribution in [2.45, 2.75) is 23.8 Å². The summed E-state index contributed by atoms with van der Waals surface area (Å²) in [6.07, 6.45) is 6.44. The minimum atomic E-state index is -3.88. The first-order valence-corrected chi connectivity index (χ1v) is 11.1. The smallest absolute Gasteiger partial charge is 0.259 e. The topological polar surface area (TPSA) is 89.2 Å². The number of aromatic nitrogens is 3. The minimum Gasteiger partial charge on any atom is -0.337 e. The van der Waals surface area contributed by atoms with Crippen molar-refractivity contribution in [2.24, 2.45) is 7.05 Å². The van der Waals surface area contributed by atoms with Crippen LogP contribution in [-0.2, 0) is 17.1 Å². The van der Waals surface area contributed by atoms with E-state index >= 15 is 0 Å². The molecule has 1 aliphatic heterocycles. The van der Waals surface area contributed by atoms with Crippen LogP contribution in [0.1, 0.15) is 23.2 Å². The van der Waals surface area contributed by atoms with E-state index in [4.69, 9.17) is 0 Å². The summed E-state index contributed by atoms with van der Waals surface area (Å²) in [5.41, 5.74) is 0.447. The van der Waals surface area contributed by atoms with E-state index in [-0.39, 0.29) is 17.3 Å². The highest BCUT2D eigenvalue weighted by atomic mass is 32.2. The SMILES string of the molecule is Cn1ncc(C(=O)N2CCCC(NS(=O)(=O)c3cccc(F)c3)C2)c1-n1cccc1. The van der Waals surface area contributed by atoms with Crippen LogP contribution in [0, 0.1) is 5.82 Å². The molecule has 1 N–H and O–H groups in total. The Balaban J connectivity index is 1.52. The Morgan fingerprint density at radius 2 is 2.00 bits per heavy atom. The zero-order valence-corrected chi connectivity index (χ0v) is 17.2. The van der Waals surface area contributed by atoms with Crippen LogP contribution in [0.5, 0.6) is 0 Å². The zero-order chi connectivity index (χ0) is 21.3. The summed E-state index contributed by atoms with van der Waals surface area (Å²) in [4.78, 5) is 14.7. The van der Waals surface area contributed by atoms with E-state index in [2.05, 4.69) is 9.82 Å². The van der Waals surface area contributed by atoms with Crippen molar-refractivity contribution in [3.05, 3.63) is 66.4 Å². The first-order chi connectivity index (χ1) is 14.3. The highest BCUT2D eigenvalue weighted by Gasteiger charge is 2.30. The van der Waals surface area contributed by atoms with Gasteiger partial charge in [0.15, 0.2) is 0 Å². The Morgan fingerprint density at radius 1 is 1.23 bits per heavy atom. The third kappa shape index (κ3) is 4.01. The molecule has 1 saturated heterocycles. The van der Waals surface area contributed by atoms with E-state index < -0.39 is 21.9 Å². The van der Waals surface area contributed by atoms with Crippen molar-refractivity contribution in [1.82, 2.24) is 24.0 Å². The van der Waals surface area contributed by atoms with Gasteiger partial charge in [0.25, 0.3) is 5.91 Å². The van der Waals surface area contributed by atoms with Gasteiger partial charge in [-0.2, -0.15) is 5.10 Å². The lowest BCUT2D eigenvalue weighted by atomic mass is 10.1. The highest BCUT2D eigenvalue weighted by molar-refractivity contribution is 7.89. The van der Waals surface area contributed by atoms with E-state index in [1.807, 2.05) is 29.1 Å². The second-order valence-electron chi connectivity index (χ2n) is 7.26. The largest absolute Gasteiger partial charge is 0.337 e. The third-order valence-corrected chi connectivity index (χ3v) is 6.64. The lowest BCUT2D eigenvalue weighted by molar-refractivity contribution is 0.0703. The molecule has 1 amide bonds. The van der Waals surface area contributed by atoms with E-state index in [1.165, 1.54) is 24.4 Å². The van der Waals surface area contributed by atoms with Gasteiger partial charge in [0.1, 0.15) is 17.2 Å². The minimum absolute atomic E-state index is 0.131. The summed E-state index contributed by atoms with van der Waals surface area (Å²) in [6.45, 7) is 0.754. The van der Waals surface area contributed by atoms with E-state index in [9.17, 15) is 17.6 Å². The van der Waals surface area contributed by atoms with Crippen molar-refractivity contribution in [1.29, 1.82) is 0 Å². The van der Waals surface area contributed by atoms with Crippen LogP contribution in [0.2, 0.25) is 0 Å². The maximum atomic E-state index is 13.4. The maximum absolute atomic E-state index is 13.4. The maximum Gasteiger partial charge on any atom is 0.259 e. The first kappa shape index (κ1) is 20.3. The Kier molecular flexibility index (Phi) is 5.44. The van der Waals surface area contributed by atoms with E-state index in [0.29, 0.717) is 30.8 Å². The van der Waals surface area contributed by atoms with Crippen LogP contribution in [-0.4, -0.2) is 52.7 Å². The van der Waals surface area contributed by atoms with Gasteiger partial charge in [0.05, 0.1) is 11.1 Å². The van der Waals surface area contributed by atoms with Gasteiger partial charge in [-0.1, -0.05) is 6.07 Å². The summed E-state index contributed by atoms with van der Waals surface area (Å²) in [7, 11) is -2.12. The number of aryl methyl sites for hydroxylation is 1. The van der Waals surface area contributed by atoms with Crippen molar-refractivity contribution >= 4 is 15.9 Å². The van der Waals surface area contributed by atoms with Gasteiger partial charge in [-0.15, -0.1) is 0 Å². The number of hydrogen-bond acceptors (Lipinski definition) is 4. The van der Waals surface area contributed by atoms with Crippen LogP contribution in [0.4, 0.5) is 4.39 Å². The second-order valence-corrected chi connectivity index (χ2v) is 8.98. The average Bonchev–Trinajstić information content (AvgIpc) is 3.36. The number of rotatable bonds is 5. The van der Waals surface area contributed by atoms with E-state index in [1.54, 1.807) is 16.6 Å². The molecule has 1 aliphatic rings. The fourth-order valence-electron chi connectivity index (χ4n) is 3.71. The molecule has 3 aromatic rings. The number of amides is 1. The molecule has 0 aliphatic carbocycles. The number of benzene rings is 1.